The average molecular weight is 233 g/mol. The minimum Gasteiger partial charge on any atom is -0.314 e. The quantitative estimate of drug-likeness (QED) is 0.808. The second kappa shape index (κ2) is 5.36. The minimum atomic E-state index is -0.0210. The Kier molecular flexibility index (Phi) is 3.84. The summed E-state index contributed by atoms with van der Waals surface area (Å²) in [4.78, 5) is 20.1. The van der Waals surface area contributed by atoms with Gasteiger partial charge in [-0.1, -0.05) is 19.3 Å². The lowest BCUT2D eigenvalue weighted by Gasteiger charge is -2.36. The largest absolute Gasteiger partial charge is 0.314 e. The normalized spacial score (nSPS) is 18.9. The van der Waals surface area contributed by atoms with Crippen LogP contribution in [-0.2, 0) is 0 Å². The molecule has 1 aliphatic carbocycles. The molecule has 0 saturated heterocycles. The van der Waals surface area contributed by atoms with Crippen molar-refractivity contribution in [3.05, 3.63) is 24.3 Å². The molecule has 2 rings (SSSR count). The molecule has 1 N–H and O–H groups in total. The maximum Gasteiger partial charge on any atom is 0.184 e. The van der Waals surface area contributed by atoms with Crippen LogP contribution in [0.15, 0.2) is 18.6 Å². The predicted octanol–water partition coefficient (Wildman–Crippen LogP) is 1.97. The Morgan fingerprint density at radius 3 is 2.71 bits per heavy atom. The van der Waals surface area contributed by atoms with Gasteiger partial charge in [-0.2, -0.15) is 0 Å². The summed E-state index contributed by atoms with van der Waals surface area (Å²) in [6, 6.07) is 0. The first-order valence-corrected chi connectivity index (χ1v) is 6.24. The van der Waals surface area contributed by atoms with Crippen LogP contribution in [0.5, 0.6) is 0 Å². The van der Waals surface area contributed by atoms with Gasteiger partial charge in [0.1, 0.15) is 5.69 Å². The van der Waals surface area contributed by atoms with Crippen molar-refractivity contribution in [2.75, 3.05) is 7.05 Å². The fourth-order valence-electron chi connectivity index (χ4n) is 2.58. The first kappa shape index (κ1) is 12.2. The molecular formula is C13H19N3O. The van der Waals surface area contributed by atoms with Gasteiger partial charge < -0.3 is 5.32 Å². The molecule has 1 aliphatic rings. The molecule has 4 nitrogen and oxygen atoms in total. The highest BCUT2D eigenvalue weighted by atomic mass is 16.1. The summed E-state index contributed by atoms with van der Waals surface area (Å²) in [7, 11) is 1.95. The number of rotatable bonds is 4. The Bertz CT molecular complexity index is 372. The number of Topliss-reactive ketones (excluding diaryl/α,β-unsaturated/α-hetero) is 1. The van der Waals surface area contributed by atoms with Crippen LogP contribution in [0.3, 0.4) is 0 Å². The number of hydrogen-bond donors (Lipinski definition) is 1. The molecule has 1 heterocycles. The van der Waals surface area contributed by atoms with Crippen LogP contribution in [0, 0.1) is 0 Å². The number of aromatic nitrogens is 2. The zero-order valence-corrected chi connectivity index (χ0v) is 10.3. The highest BCUT2D eigenvalue weighted by Gasteiger charge is 2.33. The van der Waals surface area contributed by atoms with E-state index in [2.05, 4.69) is 15.3 Å². The predicted molar refractivity (Wildman–Crippen MR) is 65.9 cm³/mol. The summed E-state index contributed by atoms with van der Waals surface area (Å²) in [5, 5.41) is 3.35. The minimum absolute atomic E-state index is 0.0210. The van der Waals surface area contributed by atoms with E-state index in [9.17, 15) is 4.79 Å². The van der Waals surface area contributed by atoms with Crippen LogP contribution < -0.4 is 5.32 Å². The highest BCUT2D eigenvalue weighted by Crippen LogP contribution is 2.31. The second-order valence-electron chi connectivity index (χ2n) is 4.78. The van der Waals surface area contributed by atoms with E-state index in [0.717, 1.165) is 12.8 Å². The van der Waals surface area contributed by atoms with Gasteiger partial charge in [0.2, 0.25) is 0 Å². The molecule has 0 radical (unpaired) electrons. The summed E-state index contributed by atoms with van der Waals surface area (Å²) in [5.74, 6) is 0.0920. The van der Waals surface area contributed by atoms with Crippen molar-refractivity contribution in [1.29, 1.82) is 0 Å². The first-order valence-electron chi connectivity index (χ1n) is 6.24. The number of nitrogens with zero attached hydrogens (tertiary/aromatic N) is 2. The molecule has 0 atom stereocenters. The smallest absolute Gasteiger partial charge is 0.184 e. The highest BCUT2D eigenvalue weighted by molar-refractivity contribution is 5.94. The Balaban J connectivity index is 2.06. The van der Waals surface area contributed by atoms with Gasteiger partial charge >= 0.3 is 0 Å². The molecule has 1 saturated carbocycles. The topological polar surface area (TPSA) is 54.9 Å². The number of carbonyl (C=O) groups excluding carboxylic acids is 1. The van der Waals surface area contributed by atoms with Crippen molar-refractivity contribution >= 4 is 5.78 Å². The lowest BCUT2D eigenvalue weighted by Crippen LogP contribution is -2.46. The molecule has 1 aromatic heterocycles. The molecule has 0 aliphatic heterocycles. The van der Waals surface area contributed by atoms with Crippen molar-refractivity contribution in [1.82, 2.24) is 15.3 Å². The van der Waals surface area contributed by atoms with Crippen molar-refractivity contribution in [2.45, 2.75) is 44.1 Å². The van der Waals surface area contributed by atoms with Crippen LogP contribution in [-0.4, -0.2) is 28.3 Å². The van der Waals surface area contributed by atoms with Crippen molar-refractivity contribution in [3.8, 4) is 0 Å². The summed E-state index contributed by atoms with van der Waals surface area (Å²) >= 11 is 0. The number of ketones is 1. The van der Waals surface area contributed by atoms with E-state index in [-0.39, 0.29) is 11.3 Å². The lowest BCUT2D eigenvalue weighted by molar-refractivity contribution is 0.0909. The van der Waals surface area contributed by atoms with E-state index in [0.29, 0.717) is 12.1 Å². The fraction of sp³-hybridized carbons (Fsp3) is 0.615. The third kappa shape index (κ3) is 2.88. The molecule has 0 unspecified atom stereocenters. The Morgan fingerprint density at radius 1 is 1.35 bits per heavy atom. The van der Waals surface area contributed by atoms with E-state index in [1.807, 2.05) is 7.05 Å². The molecule has 0 amide bonds. The average Bonchev–Trinajstić information content (AvgIpc) is 2.41. The van der Waals surface area contributed by atoms with Crippen molar-refractivity contribution in [3.63, 3.8) is 0 Å². The summed E-state index contributed by atoms with van der Waals surface area (Å²) in [6.45, 7) is 0. The number of carbonyl (C=O) groups is 1. The van der Waals surface area contributed by atoms with Crippen molar-refractivity contribution in [2.24, 2.45) is 0 Å². The van der Waals surface area contributed by atoms with E-state index >= 15 is 0 Å². The summed E-state index contributed by atoms with van der Waals surface area (Å²) in [5.41, 5.74) is 0.458. The van der Waals surface area contributed by atoms with Gasteiger partial charge in [-0.15, -0.1) is 0 Å². The van der Waals surface area contributed by atoms with Gasteiger partial charge in [-0.3, -0.25) is 9.78 Å². The molecule has 17 heavy (non-hydrogen) atoms. The standard InChI is InChI=1S/C13H19N3O/c1-14-13(5-3-2-4-6-13)9-12(17)11-10-15-7-8-16-11/h7-8,10,14H,2-6,9H2,1H3. The fourth-order valence-corrected chi connectivity index (χ4v) is 2.58. The Labute approximate surface area is 102 Å². The molecule has 0 bridgehead atoms. The first-order chi connectivity index (χ1) is 8.26. The molecule has 1 fully saturated rings. The maximum absolute atomic E-state index is 12.1. The summed E-state index contributed by atoms with van der Waals surface area (Å²) < 4.78 is 0. The molecule has 4 heteroatoms. The molecular weight excluding hydrogens is 214 g/mol. The Morgan fingerprint density at radius 2 is 2.12 bits per heavy atom. The van der Waals surface area contributed by atoms with Gasteiger partial charge in [-0.05, 0) is 19.9 Å². The third-order valence-corrected chi connectivity index (χ3v) is 3.69. The van der Waals surface area contributed by atoms with E-state index in [4.69, 9.17) is 0 Å². The molecule has 0 aromatic carbocycles. The second-order valence-corrected chi connectivity index (χ2v) is 4.78. The number of hydrogen-bond acceptors (Lipinski definition) is 4. The number of nitrogens with one attached hydrogen (secondary N) is 1. The molecule has 1 aromatic rings. The van der Waals surface area contributed by atoms with E-state index in [1.54, 1.807) is 18.6 Å². The maximum atomic E-state index is 12.1. The monoisotopic (exact) mass is 233 g/mol. The van der Waals surface area contributed by atoms with Gasteiger partial charge in [-0.25, -0.2) is 4.98 Å². The summed E-state index contributed by atoms with van der Waals surface area (Å²) in [6.07, 6.45) is 11.1. The Hall–Kier alpha value is -1.29. The third-order valence-electron chi connectivity index (χ3n) is 3.69. The van der Waals surface area contributed by atoms with Gasteiger partial charge in [0.25, 0.3) is 0 Å². The van der Waals surface area contributed by atoms with Crippen LogP contribution in [0.4, 0.5) is 0 Å². The van der Waals surface area contributed by atoms with Crippen LogP contribution in [0.2, 0.25) is 0 Å². The molecule has 92 valence electrons. The van der Waals surface area contributed by atoms with Crippen LogP contribution in [0.1, 0.15) is 49.0 Å². The van der Waals surface area contributed by atoms with Crippen LogP contribution in [0.25, 0.3) is 0 Å². The van der Waals surface area contributed by atoms with E-state index < -0.39 is 0 Å². The molecule has 0 spiro atoms. The lowest BCUT2D eigenvalue weighted by atomic mass is 9.78. The zero-order chi connectivity index (χ0) is 12.1. The zero-order valence-electron chi connectivity index (χ0n) is 10.3. The SMILES string of the molecule is CNC1(CC(=O)c2cnccn2)CCCCC1. The van der Waals surface area contributed by atoms with Gasteiger partial charge in [0.05, 0.1) is 6.20 Å². The van der Waals surface area contributed by atoms with Crippen molar-refractivity contribution < 1.29 is 4.79 Å². The van der Waals surface area contributed by atoms with Crippen LogP contribution >= 0.6 is 0 Å². The van der Waals surface area contributed by atoms with Gasteiger partial charge in [0.15, 0.2) is 5.78 Å². The van der Waals surface area contributed by atoms with Gasteiger partial charge in [0, 0.05) is 24.4 Å². The van der Waals surface area contributed by atoms with E-state index in [1.165, 1.54) is 19.3 Å².